The van der Waals surface area contributed by atoms with Crippen molar-refractivity contribution in [3.8, 4) is 23.3 Å². The van der Waals surface area contributed by atoms with Gasteiger partial charge < -0.3 is 14.2 Å². The number of nitriles is 1. The number of fused-ring (bicyclic) bond motifs is 1. The summed E-state index contributed by atoms with van der Waals surface area (Å²) in [6, 6.07) is 14.0. The molecule has 2 aromatic carbocycles. The van der Waals surface area contributed by atoms with E-state index in [0.29, 0.717) is 24.3 Å². The second-order valence-corrected chi connectivity index (χ2v) is 5.85. The predicted molar refractivity (Wildman–Crippen MR) is 111 cm³/mol. The van der Waals surface area contributed by atoms with Crippen molar-refractivity contribution in [2.45, 2.75) is 26.7 Å². The molecule has 0 saturated carbocycles. The molecule has 0 saturated heterocycles. The van der Waals surface area contributed by atoms with Gasteiger partial charge in [0.05, 0.1) is 39.5 Å². The first-order chi connectivity index (χ1) is 13.7. The molecule has 146 valence electrons. The van der Waals surface area contributed by atoms with Crippen LogP contribution in [-0.4, -0.2) is 26.3 Å². The highest BCUT2D eigenvalue weighted by molar-refractivity contribution is 5.91. The Balaban J connectivity index is 0.00000136. The fourth-order valence-corrected chi connectivity index (χ4v) is 3.02. The van der Waals surface area contributed by atoms with Crippen molar-refractivity contribution in [1.82, 2.24) is 4.98 Å². The van der Waals surface area contributed by atoms with E-state index in [1.54, 1.807) is 27.5 Å². The lowest BCUT2D eigenvalue weighted by Crippen LogP contribution is -1.99. The summed E-state index contributed by atoms with van der Waals surface area (Å²) in [6.07, 6.45) is 2.71. The lowest BCUT2D eigenvalue weighted by atomic mass is 9.99. The summed E-state index contributed by atoms with van der Waals surface area (Å²) in [7, 11) is 4.87. The Bertz CT molecular complexity index is 977. The number of benzene rings is 2. The van der Waals surface area contributed by atoms with Crippen molar-refractivity contribution in [2.24, 2.45) is 0 Å². The molecule has 3 aromatic rings. The Morgan fingerprint density at radius 2 is 1.61 bits per heavy atom. The van der Waals surface area contributed by atoms with Crippen molar-refractivity contribution in [3.63, 3.8) is 0 Å². The van der Waals surface area contributed by atoms with E-state index in [-0.39, 0.29) is 0 Å². The van der Waals surface area contributed by atoms with Gasteiger partial charge in [-0.25, -0.2) is 0 Å². The van der Waals surface area contributed by atoms with Gasteiger partial charge >= 0.3 is 0 Å². The topological polar surface area (TPSA) is 64.4 Å². The second kappa shape index (κ2) is 10.2. The molecule has 28 heavy (non-hydrogen) atoms. The Morgan fingerprint density at radius 1 is 0.929 bits per heavy atom. The van der Waals surface area contributed by atoms with Gasteiger partial charge in [-0.3, -0.25) is 4.98 Å². The molecular weight excluding hydrogens is 352 g/mol. The zero-order valence-corrected chi connectivity index (χ0v) is 17.1. The van der Waals surface area contributed by atoms with Gasteiger partial charge in [0.25, 0.3) is 0 Å². The molecule has 0 radical (unpaired) electrons. The highest BCUT2D eigenvalue weighted by atomic mass is 16.5. The molecule has 0 aliphatic heterocycles. The Hall–Kier alpha value is -3.26. The zero-order chi connectivity index (χ0) is 20.5. The van der Waals surface area contributed by atoms with Crippen LogP contribution in [0.2, 0.25) is 0 Å². The Morgan fingerprint density at radius 3 is 2.21 bits per heavy atom. The van der Waals surface area contributed by atoms with E-state index < -0.39 is 0 Å². The van der Waals surface area contributed by atoms with Crippen molar-refractivity contribution in [1.29, 1.82) is 5.26 Å². The van der Waals surface area contributed by atoms with Gasteiger partial charge in [-0.1, -0.05) is 26.0 Å². The van der Waals surface area contributed by atoms with Crippen molar-refractivity contribution in [3.05, 3.63) is 59.4 Å². The van der Waals surface area contributed by atoms with E-state index in [0.717, 1.165) is 33.3 Å². The van der Waals surface area contributed by atoms with Crippen molar-refractivity contribution < 1.29 is 14.2 Å². The number of methoxy groups -OCH3 is 3. The summed E-state index contributed by atoms with van der Waals surface area (Å²) in [6.45, 7) is 4.00. The van der Waals surface area contributed by atoms with Crippen LogP contribution in [0.15, 0.2) is 42.6 Å². The van der Waals surface area contributed by atoms with E-state index in [1.807, 2.05) is 50.2 Å². The van der Waals surface area contributed by atoms with Gasteiger partial charge in [0.15, 0.2) is 11.5 Å². The first-order valence-corrected chi connectivity index (χ1v) is 9.22. The third-order valence-corrected chi connectivity index (χ3v) is 4.33. The molecule has 5 nitrogen and oxygen atoms in total. The maximum Gasteiger partial charge on any atom is 0.161 e. The predicted octanol–water partition coefficient (Wildman–Crippen LogP) is 4.94. The van der Waals surface area contributed by atoms with Crippen LogP contribution in [0.3, 0.4) is 0 Å². The average Bonchev–Trinajstić information content (AvgIpc) is 2.76. The minimum absolute atomic E-state index is 0.290. The largest absolute Gasteiger partial charge is 0.497 e. The van der Waals surface area contributed by atoms with Gasteiger partial charge in [0.1, 0.15) is 5.75 Å². The summed E-state index contributed by atoms with van der Waals surface area (Å²) in [5, 5.41) is 11.0. The number of ether oxygens (including phenoxy) is 3. The molecule has 0 atom stereocenters. The van der Waals surface area contributed by atoms with Crippen molar-refractivity contribution >= 4 is 10.8 Å². The zero-order valence-electron chi connectivity index (χ0n) is 17.1. The molecule has 3 rings (SSSR count). The lowest BCUT2D eigenvalue weighted by Gasteiger charge is -2.14. The van der Waals surface area contributed by atoms with Crippen LogP contribution < -0.4 is 14.2 Å². The standard InChI is InChI=1S/C21H20N2O3.C2H6/c1-24-16-6-4-5-14(9-16)10-19-18-12-21(26-3)20(25-2)11-17(18)15(7-8-22)13-23-19;1-2/h4-6,9,11-13H,7,10H2,1-3H3;1-2H3. The molecule has 0 bridgehead atoms. The number of pyridine rings is 1. The van der Waals surface area contributed by atoms with Crippen LogP contribution in [0.5, 0.6) is 17.2 Å². The molecular formula is C23H26N2O3. The van der Waals surface area contributed by atoms with Crippen LogP contribution in [0.1, 0.15) is 30.7 Å². The quantitative estimate of drug-likeness (QED) is 0.608. The first-order valence-electron chi connectivity index (χ1n) is 9.22. The third-order valence-electron chi connectivity index (χ3n) is 4.33. The van der Waals surface area contributed by atoms with E-state index in [9.17, 15) is 0 Å². The van der Waals surface area contributed by atoms with Gasteiger partial charge in [0.2, 0.25) is 0 Å². The maximum atomic E-state index is 9.12. The van der Waals surface area contributed by atoms with Crippen LogP contribution in [0.25, 0.3) is 10.8 Å². The van der Waals surface area contributed by atoms with Crippen molar-refractivity contribution in [2.75, 3.05) is 21.3 Å². The fraction of sp³-hybridized carbons (Fsp3) is 0.304. The van der Waals surface area contributed by atoms with Gasteiger partial charge in [-0.05, 0) is 40.8 Å². The molecule has 0 aliphatic rings. The van der Waals surface area contributed by atoms with E-state index in [4.69, 9.17) is 19.5 Å². The van der Waals surface area contributed by atoms with E-state index in [1.165, 1.54) is 0 Å². The average molecular weight is 378 g/mol. The molecule has 0 fully saturated rings. The molecule has 0 aliphatic carbocycles. The Kier molecular flexibility index (Phi) is 7.65. The minimum Gasteiger partial charge on any atom is -0.497 e. The summed E-state index contributed by atoms with van der Waals surface area (Å²) in [5.41, 5.74) is 2.88. The van der Waals surface area contributed by atoms with E-state index >= 15 is 0 Å². The molecule has 1 aromatic heterocycles. The molecule has 0 amide bonds. The summed E-state index contributed by atoms with van der Waals surface area (Å²) < 4.78 is 16.2. The van der Waals surface area contributed by atoms with Crippen LogP contribution >= 0.6 is 0 Å². The number of hydrogen-bond donors (Lipinski definition) is 0. The fourth-order valence-electron chi connectivity index (χ4n) is 3.02. The van der Waals surface area contributed by atoms with Gasteiger partial charge in [-0.15, -0.1) is 0 Å². The normalized spacial score (nSPS) is 9.86. The lowest BCUT2D eigenvalue weighted by molar-refractivity contribution is 0.356. The Labute approximate surface area is 166 Å². The summed E-state index contributed by atoms with van der Waals surface area (Å²) in [4.78, 5) is 4.62. The number of rotatable bonds is 6. The highest BCUT2D eigenvalue weighted by Crippen LogP contribution is 2.35. The molecule has 0 N–H and O–H groups in total. The highest BCUT2D eigenvalue weighted by Gasteiger charge is 2.14. The van der Waals surface area contributed by atoms with Crippen LogP contribution in [-0.2, 0) is 12.8 Å². The van der Waals surface area contributed by atoms with E-state index in [2.05, 4.69) is 11.1 Å². The van der Waals surface area contributed by atoms with Gasteiger partial charge in [0, 0.05) is 18.0 Å². The van der Waals surface area contributed by atoms with Gasteiger partial charge in [-0.2, -0.15) is 5.26 Å². The smallest absolute Gasteiger partial charge is 0.161 e. The number of nitrogens with zero attached hydrogens (tertiary/aromatic N) is 2. The second-order valence-electron chi connectivity index (χ2n) is 5.85. The maximum absolute atomic E-state index is 9.12. The minimum atomic E-state index is 0.290. The summed E-state index contributed by atoms with van der Waals surface area (Å²) >= 11 is 0. The monoisotopic (exact) mass is 378 g/mol. The SMILES string of the molecule is CC.COc1cccc(Cc2ncc(CC#N)c3cc(OC)c(OC)cc23)c1. The number of hydrogen-bond acceptors (Lipinski definition) is 5. The number of aromatic nitrogens is 1. The molecule has 1 heterocycles. The first kappa shape index (κ1) is 21.0. The molecule has 5 heteroatoms. The van der Waals surface area contributed by atoms with Crippen LogP contribution in [0, 0.1) is 11.3 Å². The molecule has 0 unspecified atom stereocenters. The molecule has 0 spiro atoms. The van der Waals surface area contributed by atoms with Crippen LogP contribution in [0.4, 0.5) is 0 Å². The summed E-state index contributed by atoms with van der Waals surface area (Å²) in [5.74, 6) is 2.09. The third kappa shape index (κ3) is 4.52.